The van der Waals surface area contributed by atoms with E-state index in [4.69, 9.17) is 9.15 Å². The van der Waals surface area contributed by atoms with Crippen LogP contribution in [0.2, 0.25) is 0 Å². The smallest absolute Gasteiger partial charge is 0.255 e. The third-order valence-electron chi connectivity index (χ3n) is 4.47. The number of hydrogen-bond acceptors (Lipinski definition) is 4. The quantitative estimate of drug-likeness (QED) is 0.784. The summed E-state index contributed by atoms with van der Waals surface area (Å²) >= 11 is 0. The second-order valence-electron chi connectivity index (χ2n) is 6.20. The van der Waals surface area contributed by atoms with Crippen molar-refractivity contribution in [2.75, 3.05) is 13.2 Å². The van der Waals surface area contributed by atoms with E-state index in [1.54, 1.807) is 19.3 Å². The molecule has 0 aliphatic carbocycles. The van der Waals surface area contributed by atoms with Gasteiger partial charge in [-0.3, -0.25) is 4.79 Å². The van der Waals surface area contributed by atoms with Crippen LogP contribution in [0.5, 0.6) is 5.75 Å². The Kier molecular flexibility index (Phi) is 4.16. The third-order valence-corrected chi connectivity index (χ3v) is 4.47. The second-order valence-corrected chi connectivity index (χ2v) is 6.20. The van der Waals surface area contributed by atoms with E-state index in [0.717, 1.165) is 16.8 Å². The lowest BCUT2D eigenvalue weighted by molar-refractivity contribution is 0.0957. The second kappa shape index (κ2) is 6.63. The molecule has 0 atom stereocenters. The summed E-state index contributed by atoms with van der Waals surface area (Å²) in [5.41, 5.74) is 3.83. The van der Waals surface area contributed by atoms with Gasteiger partial charge in [0, 0.05) is 17.5 Å². The molecule has 0 radical (unpaired) electrons. The van der Waals surface area contributed by atoms with E-state index in [1.807, 2.05) is 24.3 Å². The summed E-state index contributed by atoms with van der Waals surface area (Å²) in [5, 5.41) is 2.76. The Labute approximate surface area is 149 Å². The summed E-state index contributed by atoms with van der Waals surface area (Å²) in [6, 6.07) is 9.25. The van der Waals surface area contributed by atoms with E-state index in [2.05, 4.69) is 10.3 Å². The van der Waals surface area contributed by atoms with Crippen LogP contribution in [0.15, 0.2) is 47.4 Å². The minimum atomic E-state index is -0.334. The van der Waals surface area contributed by atoms with Gasteiger partial charge in [0.05, 0.1) is 12.1 Å². The highest BCUT2D eigenvalue weighted by atomic mass is 19.1. The number of fused-ring (bicyclic) bond motifs is 1. The van der Waals surface area contributed by atoms with Gasteiger partial charge in [-0.15, -0.1) is 0 Å². The van der Waals surface area contributed by atoms with Crippen LogP contribution in [0.4, 0.5) is 4.39 Å². The van der Waals surface area contributed by atoms with Gasteiger partial charge in [0.15, 0.2) is 6.39 Å². The van der Waals surface area contributed by atoms with Crippen LogP contribution in [-0.2, 0) is 6.42 Å². The van der Waals surface area contributed by atoms with Gasteiger partial charge in [0.1, 0.15) is 30.1 Å². The molecule has 0 fully saturated rings. The van der Waals surface area contributed by atoms with E-state index in [0.29, 0.717) is 42.0 Å². The fourth-order valence-electron chi connectivity index (χ4n) is 3.11. The lowest BCUT2D eigenvalue weighted by Gasteiger charge is -2.14. The molecule has 1 amide bonds. The van der Waals surface area contributed by atoms with Gasteiger partial charge in [0.25, 0.3) is 5.91 Å². The van der Waals surface area contributed by atoms with Crippen molar-refractivity contribution in [2.45, 2.75) is 13.3 Å². The van der Waals surface area contributed by atoms with Gasteiger partial charge in [-0.1, -0.05) is 24.3 Å². The molecule has 26 heavy (non-hydrogen) atoms. The zero-order chi connectivity index (χ0) is 18.1. The number of aromatic nitrogens is 1. The van der Waals surface area contributed by atoms with Gasteiger partial charge >= 0.3 is 0 Å². The van der Waals surface area contributed by atoms with Crippen LogP contribution in [0.25, 0.3) is 11.3 Å². The average Bonchev–Trinajstić information content (AvgIpc) is 3.12. The number of oxazole rings is 1. The fraction of sp³-hybridized carbons (Fsp3) is 0.200. The number of amides is 1. The summed E-state index contributed by atoms with van der Waals surface area (Å²) < 4.78 is 25.3. The molecule has 5 nitrogen and oxygen atoms in total. The van der Waals surface area contributed by atoms with E-state index in [1.165, 1.54) is 6.39 Å². The minimum Gasteiger partial charge on any atom is -0.491 e. The predicted molar refractivity (Wildman–Crippen MR) is 93.7 cm³/mol. The van der Waals surface area contributed by atoms with E-state index < -0.39 is 0 Å². The van der Waals surface area contributed by atoms with E-state index in [-0.39, 0.29) is 11.7 Å². The summed E-state index contributed by atoms with van der Waals surface area (Å²) in [4.78, 5) is 16.3. The average molecular weight is 352 g/mol. The van der Waals surface area contributed by atoms with Gasteiger partial charge in [0.2, 0.25) is 0 Å². The number of nitrogens with zero attached hydrogens (tertiary/aromatic N) is 1. The predicted octanol–water partition coefficient (Wildman–Crippen LogP) is 3.50. The van der Waals surface area contributed by atoms with Crippen LogP contribution in [0, 0.1) is 12.7 Å². The molecule has 132 valence electrons. The number of benzene rings is 2. The van der Waals surface area contributed by atoms with Crippen molar-refractivity contribution < 1.29 is 18.3 Å². The first kappa shape index (κ1) is 16.3. The topological polar surface area (TPSA) is 64.4 Å². The molecule has 2 heterocycles. The number of ether oxygens (including phenoxy) is 1. The first-order valence-electron chi connectivity index (χ1n) is 8.34. The lowest BCUT2D eigenvalue weighted by Crippen LogP contribution is -2.24. The number of hydrogen-bond donors (Lipinski definition) is 1. The van der Waals surface area contributed by atoms with Crippen molar-refractivity contribution in [1.82, 2.24) is 10.3 Å². The standard InChI is InChI=1S/C20H17FN2O3/c1-12-18(21)15(9-16-19(12)26-7-6-22-20(16)24)8-13-2-4-14(5-3-13)17-10-25-11-23-17/h2-5,9-11H,6-8H2,1H3,(H,22,24). The molecule has 0 saturated carbocycles. The Hall–Kier alpha value is -3.15. The zero-order valence-corrected chi connectivity index (χ0v) is 14.2. The normalized spacial score (nSPS) is 13.5. The molecule has 0 spiro atoms. The minimum absolute atomic E-state index is 0.233. The molecule has 1 N–H and O–H groups in total. The lowest BCUT2D eigenvalue weighted by atomic mass is 9.97. The molecule has 3 aromatic rings. The van der Waals surface area contributed by atoms with Crippen LogP contribution >= 0.6 is 0 Å². The first-order chi connectivity index (χ1) is 12.6. The summed E-state index contributed by atoms with van der Waals surface area (Å²) in [6.45, 7) is 2.39. The molecular formula is C20H17FN2O3. The molecule has 0 saturated heterocycles. The van der Waals surface area contributed by atoms with Crippen LogP contribution in [-0.4, -0.2) is 24.0 Å². The maximum atomic E-state index is 14.8. The van der Waals surface area contributed by atoms with Gasteiger partial charge < -0.3 is 14.5 Å². The molecule has 1 aromatic heterocycles. The number of rotatable bonds is 3. The Morgan fingerprint density at radius 1 is 1.27 bits per heavy atom. The van der Waals surface area contributed by atoms with E-state index in [9.17, 15) is 9.18 Å². The SMILES string of the molecule is Cc1c(F)c(Cc2ccc(-c3cocn3)cc2)cc2c1OCCNC2=O. The Morgan fingerprint density at radius 2 is 2.08 bits per heavy atom. The maximum Gasteiger partial charge on any atom is 0.255 e. The first-order valence-corrected chi connectivity index (χ1v) is 8.34. The van der Waals surface area contributed by atoms with Gasteiger partial charge in [-0.25, -0.2) is 9.37 Å². The van der Waals surface area contributed by atoms with E-state index >= 15 is 0 Å². The van der Waals surface area contributed by atoms with Crippen molar-refractivity contribution in [3.63, 3.8) is 0 Å². The number of halogens is 1. The molecule has 2 aromatic carbocycles. The number of carbonyl (C=O) groups excluding carboxylic acids is 1. The fourth-order valence-corrected chi connectivity index (χ4v) is 3.11. The Bertz CT molecular complexity index is 950. The van der Waals surface area contributed by atoms with Crippen LogP contribution < -0.4 is 10.1 Å². The van der Waals surface area contributed by atoms with Crippen molar-refractivity contribution in [2.24, 2.45) is 0 Å². The number of nitrogens with one attached hydrogen (secondary N) is 1. The summed E-state index contributed by atoms with van der Waals surface area (Å²) in [5.74, 6) is -0.232. The summed E-state index contributed by atoms with van der Waals surface area (Å²) in [7, 11) is 0. The van der Waals surface area contributed by atoms with Crippen molar-refractivity contribution in [1.29, 1.82) is 0 Å². The Morgan fingerprint density at radius 3 is 2.81 bits per heavy atom. The molecule has 6 heteroatoms. The highest BCUT2D eigenvalue weighted by molar-refractivity contribution is 5.98. The molecule has 4 rings (SSSR count). The highest BCUT2D eigenvalue weighted by Gasteiger charge is 2.23. The highest BCUT2D eigenvalue weighted by Crippen LogP contribution is 2.31. The Balaban J connectivity index is 1.66. The molecule has 1 aliphatic rings. The third kappa shape index (κ3) is 2.94. The number of carbonyl (C=O) groups is 1. The molecule has 1 aliphatic heterocycles. The van der Waals surface area contributed by atoms with Gasteiger partial charge in [-0.2, -0.15) is 0 Å². The van der Waals surface area contributed by atoms with Crippen LogP contribution in [0.1, 0.15) is 27.0 Å². The molecule has 0 unspecified atom stereocenters. The molecular weight excluding hydrogens is 335 g/mol. The monoisotopic (exact) mass is 352 g/mol. The van der Waals surface area contributed by atoms with Crippen molar-refractivity contribution >= 4 is 5.91 Å². The van der Waals surface area contributed by atoms with Gasteiger partial charge in [-0.05, 0) is 24.1 Å². The van der Waals surface area contributed by atoms with Crippen molar-refractivity contribution in [3.05, 3.63) is 71.1 Å². The largest absolute Gasteiger partial charge is 0.491 e. The molecule has 0 bridgehead atoms. The maximum absolute atomic E-state index is 14.8. The van der Waals surface area contributed by atoms with Crippen LogP contribution in [0.3, 0.4) is 0 Å². The zero-order valence-electron chi connectivity index (χ0n) is 14.2. The van der Waals surface area contributed by atoms with Crippen molar-refractivity contribution in [3.8, 4) is 17.0 Å². The summed E-state index contributed by atoms with van der Waals surface area (Å²) in [6.07, 6.45) is 3.33.